The zero-order valence-corrected chi connectivity index (χ0v) is 14.5. The Morgan fingerprint density at radius 3 is 2.74 bits per heavy atom. The standard InChI is InChI=1S/C18H27NO4/c1-18(2,11-17(20)21)13-7-8-15(16(10-13)22-4)23-14-6-5-9-19(3)12-14/h7-8,10,14H,5-6,9,11-12H2,1-4H3,(H,20,21). The molecule has 0 radical (unpaired) electrons. The second-order valence-electron chi connectivity index (χ2n) is 6.96. The van der Waals surface area contributed by atoms with Gasteiger partial charge in [0.1, 0.15) is 6.10 Å². The summed E-state index contributed by atoms with van der Waals surface area (Å²) in [7, 11) is 3.72. The molecule has 1 unspecified atom stereocenters. The molecule has 1 N–H and O–H groups in total. The first-order valence-electron chi connectivity index (χ1n) is 8.07. The predicted octanol–water partition coefficient (Wildman–Crippen LogP) is 2.92. The molecule has 5 nitrogen and oxygen atoms in total. The molecule has 128 valence electrons. The summed E-state index contributed by atoms with van der Waals surface area (Å²) in [5.41, 5.74) is 0.479. The summed E-state index contributed by atoms with van der Waals surface area (Å²) in [6.45, 7) is 5.87. The Morgan fingerprint density at radius 2 is 2.13 bits per heavy atom. The van der Waals surface area contributed by atoms with Crippen LogP contribution in [0.1, 0.15) is 38.7 Å². The number of hydrogen-bond acceptors (Lipinski definition) is 4. The van der Waals surface area contributed by atoms with E-state index < -0.39 is 11.4 Å². The Labute approximate surface area is 138 Å². The largest absolute Gasteiger partial charge is 0.493 e. The average Bonchev–Trinajstić information content (AvgIpc) is 2.46. The van der Waals surface area contributed by atoms with Crippen LogP contribution in [-0.2, 0) is 10.2 Å². The summed E-state index contributed by atoms with van der Waals surface area (Å²) in [4.78, 5) is 13.3. The topological polar surface area (TPSA) is 59.0 Å². The van der Waals surface area contributed by atoms with Gasteiger partial charge in [-0.05, 0) is 44.1 Å². The summed E-state index contributed by atoms with van der Waals surface area (Å²) in [6, 6.07) is 5.73. The van der Waals surface area contributed by atoms with Gasteiger partial charge in [0.2, 0.25) is 0 Å². The number of carboxylic acids is 1. The maximum Gasteiger partial charge on any atom is 0.304 e. The van der Waals surface area contributed by atoms with E-state index in [1.54, 1.807) is 7.11 Å². The Hall–Kier alpha value is -1.75. The highest BCUT2D eigenvalue weighted by molar-refractivity contribution is 5.69. The van der Waals surface area contributed by atoms with Crippen LogP contribution in [0.5, 0.6) is 11.5 Å². The van der Waals surface area contributed by atoms with E-state index in [2.05, 4.69) is 11.9 Å². The van der Waals surface area contributed by atoms with Crippen LogP contribution in [0.4, 0.5) is 0 Å². The molecule has 23 heavy (non-hydrogen) atoms. The van der Waals surface area contributed by atoms with Crippen molar-refractivity contribution in [3.63, 3.8) is 0 Å². The van der Waals surface area contributed by atoms with E-state index in [1.807, 2.05) is 32.0 Å². The molecule has 0 bridgehead atoms. The predicted molar refractivity (Wildman–Crippen MR) is 89.4 cm³/mol. The minimum atomic E-state index is -0.806. The first kappa shape index (κ1) is 17.6. The van der Waals surface area contributed by atoms with E-state index in [0.29, 0.717) is 5.75 Å². The zero-order chi connectivity index (χ0) is 17.0. The lowest BCUT2D eigenvalue weighted by Crippen LogP contribution is -2.38. The molecule has 1 fully saturated rings. The van der Waals surface area contributed by atoms with E-state index >= 15 is 0 Å². The third-order valence-electron chi connectivity index (χ3n) is 4.41. The van der Waals surface area contributed by atoms with Crippen molar-refractivity contribution in [3.8, 4) is 11.5 Å². The van der Waals surface area contributed by atoms with Crippen LogP contribution >= 0.6 is 0 Å². The third-order valence-corrected chi connectivity index (χ3v) is 4.41. The maximum atomic E-state index is 11.0. The van der Waals surface area contributed by atoms with Gasteiger partial charge in [0, 0.05) is 12.0 Å². The lowest BCUT2D eigenvalue weighted by Gasteiger charge is -2.31. The van der Waals surface area contributed by atoms with Crippen LogP contribution in [0.15, 0.2) is 18.2 Å². The number of benzene rings is 1. The van der Waals surface area contributed by atoms with Gasteiger partial charge in [-0.1, -0.05) is 19.9 Å². The van der Waals surface area contributed by atoms with Gasteiger partial charge in [-0.15, -0.1) is 0 Å². The lowest BCUT2D eigenvalue weighted by atomic mass is 9.81. The smallest absolute Gasteiger partial charge is 0.304 e. The highest BCUT2D eigenvalue weighted by atomic mass is 16.5. The van der Waals surface area contributed by atoms with E-state index in [9.17, 15) is 4.79 Å². The lowest BCUT2D eigenvalue weighted by molar-refractivity contribution is -0.138. The van der Waals surface area contributed by atoms with Gasteiger partial charge in [-0.25, -0.2) is 0 Å². The van der Waals surface area contributed by atoms with Gasteiger partial charge >= 0.3 is 5.97 Å². The summed E-state index contributed by atoms with van der Waals surface area (Å²) in [5.74, 6) is 0.580. The molecule has 1 atom stereocenters. The zero-order valence-electron chi connectivity index (χ0n) is 14.5. The van der Waals surface area contributed by atoms with Crippen molar-refractivity contribution in [1.82, 2.24) is 4.90 Å². The van der Waals surface area contributed by atoms with E-state index in [4.69, 9.17) is 14.6 Å². The Bertz CT molecular complexity index is 556. The van der Waals surface area contributed by atoms with Crippen molar-refractivity contribution in [2.75, 3.05) is 27.2 Å². The number of carbonyl (C=O) groups is 1. The number of likely N-dealkylation sites (N-methyl/N-ethyl adjacent to an activating group) is 1. The quantitative estimate of drug-likeness (QED) is 0.873. The molecule has 1 aromatic rings. The monoisotopic (exact) mass is 321 g/mol. The Morgan fingerprint density at radius 1 is 1.39 bits per heavy atom. The molecule has 0 spiro atoms. The van der Waals surface area contributed by atoms with Crippen LogP contribution in [-0.4, -0.2) is 49.3 Å². The van der Waals surface area contributed by atoms with Gasteiger partial charge in [-0.3, -0.25) is 4.79 Å². The van der Waals surface area contributed by atoms with Gasteiger partial charge in [0.15, 0.2) is 11.5 Å². The molecule has 1 saturated heterocycles. The van der Waals surface area contributed by atoms with E-state index in [1.165, 1.54) is 0 Å². The number of nitrogens with zero attached hydrogens (tertiary/aromatic N) is 1. The summed E-state index contributed by atoms with van der Waals surface area (Å²) < 4.78 is 11.6. The molecule has 1 heterocycles. The molecule has 0 amide bonds. The molecule has 1 aliphatic rings. The minimum absolute atomic E-state index is 0.0732. The molecule has 1 aliphatic heterocycles. The van der Waals surface area contributed by atoms with Gasteiger partial charge in [0.25, 0.3) is 0 Å². The number of ether oxygens (including phenoxy) is 2. The summed E-state index contributed by atoms with van der Waals surface area (Å²) in [6.07, 6.45) is 2.41. The molecule has 1 aromatic carbocycles. The van der Waals surface area contributed by atoms with Crippen LogP contribution < -0.4 is 9.47 Å². The van der Waals surface area contributed by atoms with E-state index in [0.717, 1.165) is 37.2 Å². The molecular weight excluding hydrogens is 294 g/mol. The normalized spacial score (nSPS) is 19.4. The van der Waals surface area contributed by atoms with Crippen molar-refractivity contribution in [2.45, 2.75) is 44.6 Å². The molecule has 0 aliphatic carbocycles. The first-order chi connectivity index (χ1) is 10.8. The number of rotatable bonds is 6. The fourth-order valence-electron chi connectivity index (χ4n) is 3.06. The highest BCUT2D eigenvalue weighted by Crippen LogP contribution is 2.36. The van der Waals surface area contributed by atoms with E-state index in [-0.39, 0.29) is 12.5 Å². The van der Waals surface area contributed by atoms with Crippen LogP contribution in [0.3, 0.4) is 0 Å². The SMILES string of the molecule is COc1cc(C(C)(C)CC(=O)O)ccc1OC1CCCN(C)C1. The summed E-state index contributed by atoms with van der Waals surface area (Å²) in [5, 5.41) is 9.07. The van der Waals surface area contributed by atoms with Gasteiger partial charge in [-0.2, -0.15) is 0 Å². The molecule has 0 aromatic heterocycles. The Balaban J connectivity index is 2.17. The summed E-state index contributed by atoms with van der Waals surface area (Å²) >= 11 is 0. The van der Waals surface area contributed by atoms with Crippen molar-refractivity contribution in [1.29, 1.82) is 0 Å². The number of aliphatic carboxylic acids is 1. The van der Waals surface area contributed by atoms with Gasteiger partial charge < -0.3 is 19.5 Å². The highest BCUT2D eigenvalue weighted by Gasteiger charge is 2.26. The number of piperidine rings is 1. The van der Waals surface area contributed by atoms with Gasteiger partial charge in [0.05, 0.1) is 13.5 Å². The first-order valence-corrected chi connectivity index (χ1v) is 8.07. The fourth-order valence-corrected chi connectivity index (χ4v) is 3.06. The second-order valence-corrected chi connectivity index (χ2v) is 6.96. The number of methoxy groups -OCH3 is 1. The van der Waals surface area contributed by atoms with Crippen molar-refractivity contribution < 1.29 is 19.4 Å². The molecule has 2 rings (SSSR count). The molecular formula is C18H27NO4. The number of carboxylic acid groups (broad SMARTS) is 1. The Kier molecular flexibility index (Phi) is 5.52. The van der Waals surface area contributed by atoms with Crippen molar-refractivity contribution in [3.05, 3.63) is 23.8 Å². The fraction of sp³-hybridized carbons (Fsp3) is 0.611. The van der Waals surface area contributed by atoms with Crippen LogP contribution in [0, 0.1) is 0 Å². The van der Waals surface area contributed by atoms with Crippen molar-refractivity contribution in [2.24, 2.45) is 0 Å². The third kappa shape index (κ3) is 4.61. The molecule has 5 heteroatoms. The average molecular weight is 321 g/mol. The number of likely N-dealkylation sites (tertiary alicyclic amines) is 1. The minimum Gasteiger partial charge on any atom is -0.493 e. The van der Waals surface area contributed by atoms with Crippen LogP contribution in [0.2, 0.25) is 0 Å². The second kappa shape index (κ2) is 7.21. The maximum absolute atomic E-state index is 11.0. The van der Waals surface area contributed by atoms with Crippen LogP contribution in [0.25, 0.3) is 0 Å². The number of hydrogen-bond donors (Lipinski definition) is 1. The molecule has 0 saturated carbocycles. The van der Waals surface area contributed by atoms with Crippen molar-refractivity contribution >= 4 is 5.97 Å².